The molecule has 0 bridgehead atoms. The maximum Gasteiger partial charge on any atom is 0.114 e. The predicted molar refractivity (Wildman–Crippen MR) is 116 cm³/mol. The topological polar surface area (TPSA) is 41.9 Å². The van der Waals surface area contributed by atoms with E-state index < -0.39 is 0 Å². The summed E-state index contributed by atoms with van der Waals surface area (Å²) in [6, 6.07) is 16.4. The van der Waals surface area contributed by atoms with Crippen LogP contribution >= 0.6 is 0 Å². The lowest BCUT2D eigenvalue weighted by molar-refractivity contribution is 0.274. The van der Waals surface area contributed by atoms with Crippen molar-refractivity contribution in [2.45, 2.75) is 51.6 Å². The van der Waals surface area contributed by atoms with Crippen LogP contribution in [0.2, 0.25) is 0 Å². The lowest BCUT2D eigenvalue weighted by Crippen LogP contribution is -2.37. The van der Waals surface area contributed by atoms with Gasteiger partial charge in [-0.15, -0.1) is 0 Å². The van der Waals surface area contributed by atoms with Gasteiger partial charge in [0.15, 0.2) is 0 Å². The van der Waals surface area contributed by atoms with Crippen LogP contribution in [0.15, 0.2) is 42.5 Å². The van der Waals surface area contributed by atoms with Crippen LogP contribution in [0, 0.1) is 5.92 Å². The fraction of sp³-hybridized carbons (Fsp3) is 0.458. The van der Waals surface area contributed by atoms with Crippen molar-refractivity contribution in [3.8, 4) is 0 Å². The highest BCUT2D eigenvalue weighted by Gasteiger charge is 2.28. The van der Waals surface area contributed by atoms with E-state index in [4.69, 9.17) is 4.98 Å². The van der Waals surface area contributed by atoms with E-state index >= 15 is 0 Å². The summed E-state index contributed by atoms with van der Waals surface area (Å²) >= 11 is 0. The van der Waals surface area contributed by atoms with Crippen molar-refractivity contribution < 1.29 is 0 Å². The van der Waals surface area contributed by atoms with Crippen molar-refractivity contribution in [1.29, 1.82) is 0 Å². The molecule has 3 atom stereocenters. The van der Waals surface area contributed by atoms with E-state index in [1.807, 2.05) is 0 Å². The summed E-state index contributed by atoms with van der Waals surface area (Å²) in [6.45, 7) is 6.81. The molecular weight excluding hydrogens is 344 g/mol. The van der Waals surface area contributed by atoms with E-state index in [0.717, 1.165) is 25.9 Å². The van der Waals surface area contributed by atoms with Crippen molar-refractivity contribution in [2.75, 3.05) is 18.4 Å². The highest BCUT2D eigenvalue weighted by Crippen LogP contribution is 2.36. The monoisotopic (exact) mass is 374 g/mol. The van der Waals surface area contributed by atoms with Crippen LogP contribution in [0.1, 0.15) is 49.7 Å². The molecule has 4 nitrogen and oxygen atoms in total. The van der Waals surface area contributed by atoms with E-state index in [2.05, 4.69) is 71.5 Å². The van der Waals surface area contributed by atoms with Gasteiger partial charge in [-0.3, -0.25) is 0 Å². The van der Waals surface area contributed by atoms with Crippen LogP contribution < -0.4 is 10.6 Å². The number of hydrogen-bond donors (Lipinski definition) is 2. The number of piperidine rings is 1. The summed E-state index contributed by atoms with van der Waals surface area (Å²) in [5.41, 5.74) is 6.56. The standard InChI is InChI=1S/C24H30N4/c1-16-15-25-13-12-21(16)28-22-11-10-20-19(9-8-17(2)26-20)24(22)27-23(28)14-18-6-4-3-5-7-18/h3-7,10-11,16-17,21,25-26H,8-9,12-15H2,1-2H3/t16-,17+,21-/m1/s1. The molecule has 3 heterocycles. The Labute approximate surface area is 167 Å². The second-order valence-electron chi connectivity index (χ2n) is 8.64. The molecule has 2 N–H and O–H groups in total. The number of nitrogens with zero attached hydrogens (tertiary/aromatic N) is 2. The van der Waals surface area contributed by atoms with Gasteiger partial charge in [-0.2, -0.15) is 0 Å². The second-order valence-corrected chi connectivity index (χ2v) is 8.64. The molecule has 1 aromatic heterocycles. The summed E-state index contributed by atoms with van der Waals surface area (Å²) in [5.74, 6) is 1.82. The first-order valence-corrected chi connectivity index (χ1v) is 10.7. The maximum absolute atomic E-state index is 5.26. The van der Waals surface area contributed by atoms with Gasteiger partial charge in [-0.1, -0.05) is 37.3 Å². The third-order valence-corrected chi connectivity index (χ3v) is 6.55. The Morgan fingerprint density at radius 3 is 2.75 bits per heavy atom. The molecule has 0 radical (unpaired) electrons. The predicted octanol–water partition coefficient (Wildman–Crippen LogP) is 4.54. The van der Waals surface area contributed by atoms with Crippen molar-refractivity contribution in [3.05, 3.63) is 59.4 Å². The van der Waals surface area contributed by atoms with Gasteiger partial charge in [0.2, 0.25) is 0 Å². The van der Waals surface area contributed by atoms with Crippen LogP contribution in [0.3, 0.4) is 0 Å². The van der Waals surface area contributed by atoms with E-state index in [1.54, 1.807) is 0 Å². The molecule has 2 aliphatic heterocycles. The van der Waals surface area contributed by atoms with E-state index in [0.29, 0.717) is 18.0 Å². The molecule has 4 heteroatoms. The third-order valence-electron chi connectivity index (χ3n) is 6.55. The van der Waals surface area contributed by atoms with Crippen molar-refractivity contribution in [3.63, 3.8) is 0 Å². The van der Waals surface area contributed by atoms with Gasteiger partial charge in [0.1, 0.15) is 5.82 Å². The van der Waals surface area contributed by atoms with Gasteiger partial charge in [0.05, 0.1) is 11.0 Å². The fourth-order valence-corrected chi connectivity index (χ4v) is 5.01. The third kappa shape index (κ3) is 3.10. The van der Waals surface area contributed by atoms with Crippen LogP contribution in [0.25, 0.3) is 11.0 Å². The molecule has 28 heavy (non-hydrogen) atoms. The first-order chi connectivity index (χ1) is 13.7. The number of nitrogens with one attached hydrogen (secondary N) is 2. The minimum atomic E-state index is 0.512. The lowest BCUT2D eigenvalue weighted by atomic mass is 9.94. The van der Waals surface area contributed by atoms with Crippen LogP contribution in [0.4, 0.5) is 5.69 Å². The van der Waals surface area contributed by atoms with Gasteiger partial charge in [0, 0.05) is 29.8 Å². The van der Waals surface area contributed by atoms with Crippen LogP contribution in [-0.2, 0) is 12.8 Å². The first kappa shape index (κ1) is 17.7. The van der Waals surface area contributed by atoms with Gasteiger partial charge in [0.25, 0.3) is 0 Å². The highest BCUT2D eigenvalue weighted by molar-refractivity contribution is 5.86. The zero-order valence-corrected chi connectivity index (χ0v) is 16.9. The van der Waals surface area contributed by atoms with Crippen molar-refractivity contribution in [1.82, 2.24) is 14.9 Å². The first-order valence-electron chi connectivity index (χ1n) is 10.7. The SMILES string of the molecule is C[C@@H]1CNCC[C@H]1n1c(Cc2ccccc2)nc2c3c(ccc21)N[C@@H](C)CC3. The Morgan fingerprint density at radius 1 is 1.07 bits per heavy atom. The zero-order valence-electron chi connectivity index (χ0n) is 16.9. The van der Waals surface area contributed by atoms with Gasteiger partial charge < -0.3 is 15.2 Å². The van der Waals surface area contributed by atoms with Crippen LogP contribution in [0.5, 0.6) is 0 Å². The lowest BCUT2D eigenvalue weighted by Gasteiger charge is -2.32. The zero-order chi connectivity index (χ0) is 19.1. The molecule has 0 unspecified atom stereocenters. The minimum absolute atomic E-state index is 0.512. The number of aryl methyl sites for hydroxylation is 1. The normalized spacial score (nSPS) is 24.7. The molecule has 2 aromatic carbocycles. The van der Waals surface area contributed by atoms with Gasteiger partial charge in [-0.25, -0.2) is 4.98 Å². The number of imidazole rings is 1. The number of hydrogen-bond acceptors (Lipinski definition) is 3. The Bertz CT molecular complexity index is 975. The average Bonchev–Trinajstić information content (AvgIpc) is 3.07. The molecule has 2 aliphatic rings. The summed E-state index contributed by atoms with van der Waals surface area (Å²) in [4.78, 5) is 5.26. The molecule has 5 rings (SSSR count). The molecular formula is C24H30N4. The quantitative estimate of drug-likeness (QED) is 0.707. The van der Waals surface area contributed by atoms with Crippen molar-refractivity contribution >= 4 is 16.7 Å². The molecule has 1 saturated heterocycles. The molecule has 146 valence electrons. The Hall–Kier alpha value is -2.33. The summed E-state index contributed by atoms with van der Waals surface area (Å²) < 4.78 is 2.58. The Balaban J connectivity index is 1.66. The summed E-state index contributed by atoms with van der Waals surface area (Å²) in [6.07, 6.45) is 4.35. The summed E-state index contributed by atoms with van der Waals surface area (Å²) in [7, 11) is 0. The number of benzene rings is 2. The number of aromatic nitrogens is 2. The number of rotatable bonds is 3. The smallest absolute Gasteiger partial charge is 0.114 e. The second kappa shape index (κ2) is 7.25. The Kier molecular flexibility index (Phi) is 4.59. The maximum atomic E-state index is 5.26. The van der Waals surface area contributed by atoms with E-state index in [-0.39, 0.29) is 0 Å². The number of anilines is 1. The number of fused-ring (bicyclic) bond motifs is 3. The summed E-state index contributed by atoms with van der Waals surface area (Å²) in [5, 5.41) is 7.21. The highest BCUT2D eigenvalue weighted by atomic mass is 15.1. The van der Waals surface area contributed by atoms with E-state index in [1.165, 1.54) is 46.5 Å². The molecule has 0 spiro atoms. The molecule has 0 saturated carbocycles. The van der Waals surface area contributed by atoms with Crippen molar-refractivity contribution in [2.24, 2.45) is 5.92 Å². The van der Waals surface area contributed by atoms with Gasteiger partial charge in [-0.05, 0) is 62.9 Å². The fourth-order valence-electron chi connectivity index (χ4n) is 5.01. The molecule has 1 fully saturated rings. The molecule has 0 amide bonds. The van der Waals surface area contributed by atoms with E-state index in [9.17, 15) is 0 Å². The molecule has 0 aliphatic carbocycles. The molecule has 3 aromatic rings. The average molecular weight is 375 g/mol. The largest absolute Gasteiger partial charge is 0.382 e. The Morgan fingerprint density at radius 2 is 1.93 bits per heavy atom. The van der Waals surface area contributed by atoms with Crippen LogP contribution in [-0.4, -0.2) is 28.7 Å². The van der Waals surface area contributed by atoms with Gasteiger partial charge >= 0.3 is 0 Å². The minimum Gasteiger partial charge on any atom is -0.382 e.